The topological polar surface area (TPSA) is 34.6 Å². The number of benzene rings is 1. The van der Waals surface area contributed by atoms with Crippen LogP contribution >= 0.6 is 0 Å². The van der Waals surface area contributed by atoms with Gasteiger partial charge in [-0.25, -0.2) is 0 Å². The highest BCUT2D eigenvalue weighted by Crippen LogP contribution is 2.31. The van der Waals surface area contributed by atoms with Gasteiger partial charge in [0.15, 0.2) is 11.5 Å². The number of hydrogen-bond donors (Lipinski definition) is 0. The van der Waals surface area contributed by atoms with Crippen LogP contribution in [0, 0.1) is 0 Å². The number of nitrogens with zero attached hydrogens (tertiary/aromatic N) is 2. The molecule has 1 heterocycles. The van der Waals surface area contributed by atoms with E-state index in [0.29, 0.717) is 0 Å². The molecule has 4 nitrogen and oxygen atoms in total. The molecule has 1 aromatic carbocycles. The van der Waals surface area contributed by atoms with E-state index in [-0.39, 0.29) is 0 Å². The Kier molecular flexibility index (Phi) is 5.58. The molecule has 0 saturated heterocycles. The van der Waals surface area contributed by atoms with Crippen molar-refractivity contribution in [3.8, 4) is 11.5 Å². The largest absolute Gasteiger partial charge is 0.493 e. The molecule has 2 aromatic rings. The Hall–Kier alpha value is -2.07. The molecular formula is C17H22N2O2. The summed E-state index contributed by atoms with van der Waals surface area (Å²) in [6, 6.07) is 10.1. The maximum Gasteiger partial charge on any atom is 0.165 e. The second kappa shape index (κ2) is 7.64. The minimum absolute atomic E-state index is 0.773. The lowest BCUT2D eigenvalue weighted by atomic mass is 10.1. The van der Waals surface area contributed by atoms with E-state index in [4.69, 9.17) is 9.47 Å². The molecule has 0 radical (unpaired) electrons. The standard InChI is InChI=1S/C17H22N2O2/c1-4-19(12-14-8-10-18-11-9-14)13-15-6-5-7-16(20-2)17(15)21-3/h5-11H,4,12-13H2,1-3H3. The summed E-state index contributed by atoms with van der Waals surface area (Å²) in [5, 5.41) is 0. The highest BCUT2D eigenvalue weighted by molar-refractivity contribution is 5.46. The molecule has 0 aliphatic rings. The van der Waals surface area contributed by atoms with Gasteiger partial charge in [-0.1, -0.05) is 19.1 Å². The van der Waals surface area contributed by atoms with E-state index in [1.54, 1.807) is 14.2 Å². The quantitative estimate of drug-likeness (QED) is 0.783. The average Bonchev–Trinajstić information content (AvgIpc) is 2.54. The first kappa shape index (κ1) is 15.3. The summed E-state index contributed by atoms with van der Waals surface area (Å²) in [7, 11) is 3.34. The molecule has 2 rings (SSSR count). The van der Waals surface area contributed by atoms with Crippen LogP contribution in [0.2, 0.25) is 0 Å². The SMILES string of the molecule is CCN(Cc1ccncc1)Cc1cccc(OC)c1OC. The normalized spacial score (nSPS) is 10.7. The number of para-hydroxylation sites is 1. The predicted molar refractivity (Wildman–Crippen MR) is 83.6 cm³/mol. The molecular weight excluding hydrogens is 264 g/mol. The predicted octanol–water partition coefficient (Wildman–Crippen LogP) is 3.12. The molecule has 0 atom stereocenters. The maximum atomic E-state index is 5.50. The minimum atomic E-state index is 0.773. The third-order valence-electron chi connectivity index (χ3n) is 3.48. The van der Waals surface area contributed by atoms with Gasteiger partial charge < -0.3 is 9.47 Å². The van der Waals surface area contributed by atoms with Crippen LogP contribution < -0.4 is 9.47 Å². The average molecular weight is 286 g/mol. The molecule has 0 fully saturated rings. The van der Waals surface area contributed by atoms with Gasteiger partial charge in [0, 0.05) is 31.0 Å². The lowest BCUT2D eigenvalue weighted by molar-refractivity contribution is 0.264. The first-order valence-electron chi connectivity index (χ1n) is 7.09. The van der Waals surface area contributed by atoms with Gasteiger partial charge in [0.25, 0.3) is 0 Å². The summed E-state index contributed by atoms with van der Waals surface area (Å²) < 4.78 is 10.9. The van der Waals surface area contributed by atoms with Crippen LogP contribution in [0.4, 0.5) is 0 Å². The van der Waals surface area contributed by atoms with E-state index >= 15 is 0 Å². The zero-order valence-corrected chi connectivity index (χ0v) is 12.9. The van der Waals surface area contributed by atoms with Gasteiger partial charge in [0.2, 0.25) is 0 Å². The van der Waals surface area contributed by atoms with E-state index < -0.39 is 0 Å². The summed E-state index contributed by atoms with van der Waals surface area (Å²) in [5.74, 6) is 1.59. The molecule has 0 aliphatic heterocycles. The van der Waals surface area contributed by atoms with Crippen molar-refractivity contribution in [1.29, 1.82) is 0 Å². The first-order valence-corrected chi connectivity index (χ1v) is 7.09. The van der Waals surface area contributed by atoms with Crippen LogP contribution in [0.25, 0.3) is 0 Å². The Labute approximate surface area is 126 Å². The van der Waals surface area contributed by atoms with Crippen LogP contribution in [0.15, 0.2) is 42.7 Å². The van der Waals surface area contributed by atoms with Gasteiger partial charge >= 0.3 is 0 Å². The smallest absolute Gasteiger partial charge is 0.165 e. The maximum absolute atomic E-state index is 5.50. The fourth-order valence-corrected chi connectivity index (χ4v) is 2.35. The van der Waals surface area contributed by atoms with Gasteiger partial charge in [-0.3, -0.25) is 9.88 Å². The molecule has 0 saturated carbocycles. The highest BCUT2D eigenvalue weighted by atomic mass is 16.5. The molecule has 112 valence electrons. The fourth-order valence-electron chi connectivity index (χ4n) is 2.35. The highest BCUT2D eigenvalue weighted by Gasteiger charge is 2.12. The van der Waals surface area contributed by atoms with Crippen molar-refractivity contribution in [2.45, 2.75) is 20.0 Å². The van der Waals surface area contributed by atoms with Crippen molar-refractivity contribution >= 4 is 0 Å². The summed E-state index contributed by atoms with van der Waals surface area (Å²) in [6.07, 6.45) is 3.66. The van der Waals surface area contributed by atoms with Crippen LogP contribution in [-0.4, -0.2) is 30.6 Å². The summed E-state index contributed by atoms with van der Waals surface area (Å²) in [5.41, 5.74) is 2.39. The van der Waals surface area contributed by atoms with Gasteiger partial charge in [0.1, 0.15) is 0 Å². The summed E-state index contributed by atoms with van der Waals surface area (Å²) >= 11 is 0. The lowest BCUT2D eigenvalue weighted by Crippen LogP contribution is -2.22. The Morgan fingerprint density at radius 2 is 1.76 bits per heavy atom. The van der Waals surface area contributed by atoms with E-state index in [9.17, 15) is 0 Å². The molecule has 21 heavy (non-hydrogen) atoms. The number of pyridine rings is 1. The summed E-state index contributed by atoms with van der Waals surface area (Å²) in [4.78, 5) is 6.41. The summed E-state index contributed by atoms with van der Waals surface area (Å²) in [6.45, 7) is 4.83. The molecule has 0 aliphatic carbocycles. The minimum Gasteiger partial charge on any atom is -0.493 e. The Morgan fingerprint density at radius 1 is 1.00 bits per heavy atom. The number of aromatic nitrogens is 1. The van der Waals surface area contributed by atoms with Gasteiger partial charge in [0.05, 0.1) is 14.2 Å². The van der Waals surface area contributed by atoms with Crippen LogP contribution in [0.1, 0.15) is 18.1 Å². The van der Waals surface area contributed by atoms with Gasteiger partial charge in [-0.2, -0.15) is 0 Å². The molecule has 0 N–H and O–H groups in total. The number of rotatable bonds is 7. The molecule has 0 amide bonds. The van der Waals surface area contributed by atoms with Crippen molar-refractivity contribution in [3.63, 3.8) is 0 Å². The van der Waals surface area contributed by atoms with Crippen LogP contribution in [-0.2, 0) is 13.1 Å². The van der Waals surface area contributed by atoms with E-state index in [1.165, 1.54) is 5.56 Å². The Bertz CT molecular complexity index is 558. The van der Waals surface area contributed by atoms with Crippen LogP contribution in [0.5, 0.6) is 11.5 Å². The molecule has 0 spiro atoms. The Morgan fingerprint density at radius 3 is 2.38 bits per heavy atom. The Balaban J connectivity index is 2.15. The number of ether oxygens (including phenoxy) is 2. The zero-order chi connectivity index (χ0) is 15.1. The molecule has 0 unspecified atom stereocenters. The number of methoxy groups -OCH3 is 2. The van der Waals surface area contributed by atoms with Crippen molar-refractivity contribution in [2.75, 3.05) is 20.8 Å². The van der Waals surface area contributed by atoms with Crippen molar-refractivity contribution in [1.82, 2.24) is 9.88 Å². The molecule has 1 aromatic heterocycles. The van der Waals surface area contributed by atoms with Crippen molar-refractivity contribution in [3.05, 3.63) is 53.9 Å². The first-order chi connectivity index (χ1) is 10.3. The molecule has 4 heteroatoms. The van der Waals surface area contributed by atoms with E-state index in [0.717, 1.165) is 36.7 Å². The van der Waals surface area contributed by atoms with E-state index in [2.05, 4.69) is 22.9 Å². The second-order valence-electron chi connectivity index (χ2n) is 4.81. The number of hydrogen-bond acceptors (Lipinski definition) is 4. The third-order valence-corrected chi connectivity index (χ3v) is 3.48. The van der Waals surface area contributed by atoms with Crippen molar-refractivity contribution < 1.29 is 9.47 Å². The lowest BCUT2D eigenvalue weighted by Gasteiger charge is -2.22. The van der Waals surface area contributed by atoms with Gasteiger partial charge in [-0.05, 0) is 30.3 Å². The van der Waals surface area contributed by atoms with E-state index in [1.807, 2.05) is 36.7 Å². The van der Waals surface area contributed by atoms with Crippen LogP contribution in [0.3, 0.4) is 0 Å². The monoisotopic (exact) mass is 286 g/mol. The zero-order valence-electron chi connectivity index (χ0n) is 12.9. The van der Waals surface area contributed by atoms with Gasteiger partial charge in [-0.15, -0.1) is 0 Å². The van der Waals surface area contributed by atoms with Crippen molar-refractivity contribution in [2.24, 2.45) is 0 Å². The third kappa shape index (κ3) is 3.95. The second-order valence-corrected chi connectivity index (χ2v) is 4.81. The fraction of sp³-hybridized carbons (Fsp3) is 0.353. The molecule has 0 bridgehead atoms.